The van der Waals surface area contributed by atoms with Crippen LogP contribution in [0.15, 0.2) is 12.7 Å². The number of nitrogens with two attached hydrogens (primary N) is 1. The number of imidazole rings is 1. The number of nitrogens with zero attached hydrogens (tertiary/aromatic N) is 4. The van der Waals surface area contributed by atoms with Gasteiger partial charge in [0.15, 0.2) is 17.7 Å². The van der Waals surface area contributed by atoms with Gasteiger partial charge in [-0.3, -0.25) is 9.36 Å². The Labute approximate surface area is 204 Å². The number of aliphatic hydroxyl groups is 2. The zero-order valence-electron chi connectivity index (χ0n) is 20.0. The summed E-state index contributed by atoms with van der Waals surface area (Å²) in [5.41, 5.74) is 3.64. The maximum absolute atomic E-state index is 15.6. The lowest BCUT2D eigenvalue weighted by molar-refractivity contribution is -0.217. The van der Waals surface area contributed by atoms with Gasteiger partial charge >= 0.3 is 5.97 Å². The highest BCUT2D eigenvalue weighted by molar-refractivity contribution is 5.81. The second-order valence-corrected chi connectivity index (χ2v) is 8.92. The lowest BCUT2D eigenvalue weighted by atomic mass is 9.93. The monoisotopic (exact) mass is 491 g/mol. The van der Waals surface area contributed by atoms with Crippen molar-refractivity contribution in [2.24, 2.45) is 0 Å². The molecule has 0 unspecified atom stereocenters. The minimum Gasteiger partial charge on any atom is -0.452 e. The van der Waals surface area contributed by atoms with Crippen molar-refractivity contribution < 1.29 is 28.9 Å². The van der Waals surface area contributed by atoms with Crippen molar-refractivity contribution in [1.29, 1.82) is 0 Å². The number of ether oxygens (including phenoxy) is 2. The number of esters is 1. The van der Waals surface area contributed by atoms with Gasteiger partial charge in [-0.2, -0.15) is 0 Å². The highest BCUT2D eigenvalue weighted by Gasteiger charge is 2.67. The van der Waals surface area contributed by atoms with Gasteiger partial charge in [0, 0.05) is 6.42 Å². The number of halogens is 1. The van der Waals surface area contributed by atoms with Gasteiger partial charge in [-0.15, -0.1) is 6.42 Å². The van der Waals surface area contributed by atoms with E-state index in [0.717, 1.165) is 25.6 Å². The SMILES string of the molecule is C#C[C@]1(O)[C@H](n2cnc3c(N)ncnc32)O[C@](F)(CO)[C@H]1OC(=O)CCCCCCCCCCC. The number of aromatic nitrogens is 4. The molecule has 35 heavy (non-hydrogen) atoms. The van der Waals surface area contributed by atoms with Crippen LogP contribution in [0.3, 0.4) is 0 Å². The molecule has 2 aromatic rings. The molecule has 4 N–H and O–H groups in total. The zero-order valence-corrected chi connectivity index (χ0v) is 20.0. The molecule has 1 fully saturated rings. The standard InChI is InChI=1S/C24H34FN5O5/c1-3-5-6-7-8-9-10-11-12-13-17(32)34-21-23(33,4-2)22(35-24(21,25)14-31)30-16-29-18-19(26)27-15-28-20(18)30/h2,15-16,21-22,31,33H,3,5-14H2,1H3,(H2,26,27,28)/t21-,22+,23+,24+/m0/s1. The van der Waals surface area contributed by atoms with Crippen molar-refractivity contribution in [3.05, 3.63) is 12.7 Å². The third-order valence-corrected chi connectivity index (χ3v) is 6.30. The minimum atomic E-state index is -2.95. The largest absolute Gasteiger partial charge is 0.452 e. The molecule has 1 saturated heterocycles. The average Bonchev–Trinajstić information content (AvgIpc) is 3.37. The predicted octanol–water partition coefficient (Wildman–Crippen LogP) is 2.79. The van der Waals surface area contributed by atoms with E-state index in [0.29, 0.717) is 6.42 Å². The molecule has 0 bridgehead atoms. The Morgan fingerprint density at radius 1 is 1.23 bits per heavy atom. The molecule has 0 spiro atoms. The first kappa shape index (κ1) is 26.8. The number of alkyl halides is 1. The van der Waals surface area contributed by atoms with E-state index in [-0.39, 0.29) is 23.4 Å². The Morgan fingerprint density at radius 2 is 1.89 bits per heavy atom. The summed E-state index contributed by atoms with van der Waals surface area (Å²) in [6.45, 7) is 0.979. The molecule has 10 nitrogen and oxygen atoms in total. The Kier molecular flexibility index (Phi) is 8.99. The summed E-state index contributed by atoms with van der Waals surface area (Å²) in [4.78, 5) is 24.4. The van der Waals surface area contributed by atoms with Crippen molar-refractivity contribution in [3.63, 3.8) is 0 Å². The number of carbonyl (C=O) groups is 1. The fourth-order valence-electron chi connectivity index (χ4n) is 4.32. The molecule has 0 aliphatic carbocycles. The summed E-state index contributed by atoms with van der Waals surface area (Å²) in [6, 6.07) is 0. The zero-order chi connectivity index (χ0) is 25.5. The van der Waals surface area contributed by atoms with Crippen LogP contribution in [-0.4, -0.2) is 59.9 Å². The maximum atomic E-state index is 15.6. The Bertz CT molecular complexity index is 1040. The molecule has 2 aromatic heterocycles. The van der Waals surface area contributed by atoms with Crippen LogP contribution < -0.4 is 5.73 Å². The van der Waals surface area contributed by atoms with E-state index >= 15 is 4.39 Å². The average molecular weight is 492 g/mol. The van der Waals surface area contributed by atoms with Crippen molar-refractivity contribution in [3.8, 4) is 12.3 Å². The summed E-state index contributed by atoms with van der Waals surface area (Å²) in [7, 11) is 0. The number of hydrogen-bond donors (Lipinski definition) is 3. The van der Waals surface area contributed by atoms with Crippen molar-refractivity contribution in [2.45, 2.75) is 94.9 Å². The first-order chi connectivity index (χ1) is 16.8. The van der Waals surface area contributed by atoms with E-state index < -0.39 is 36.4 Å². The van der Waals surface area contributed by atoms with E-state index in [1.165, 1.54) is 43.0 Å². The van der Waals surface area contributed by atoms with Gasteiger partial charge in [-0.25, -0.2) is 19.3 Å². The normalized spacial score (nSPS) is 26.1. The smallest absolute Gasteiger partial charge is 0.306 e. The Morgan fingerprint density at radius 3 is 2.51 bits per heavy atom. The van der Waals surface area contributed by atoms with Gasteiger partial charge in [0.25, 0.3) is 5.85 Å². The van der Waals surface area contributed by atoms with Crippen LogP contribution in [-0.2, 0) is 14.3 Å². The van der Waals surface area contributed by atoms with E-state index in [1.54, 1.807) is 0 Å². The molecule has 4 atom stereocenters. The number of fused-ring (bicyclic) bond motifs is 1. The van der Waals surface area contributed by atoms with Crippen LogP contribution in [0.1, 0.15) is 77.4 Å². The summed E-state index contributed by atoms with van der Waals surface area (Å²) in [5, 5.41) is 21.0. The number of rotatable bonds is 13. The van der Waals surface area contributed by atoms with Gasteiger partial charge in [0.05, 0.1) is 6.33 Å². The number of hydrogen-bond acceptors (Lipinski definition) is 9. The molecular weight excluding hydrogens is 457 g/mol. The first-order valence-electron chi connectivity index (χ1n) is 12.1. The second-order valence-electron chi connectivity index (χ2n) is 8.92. The lowest BCUT2D eigenvalue weighted by Gasteiger charge is -2.29. The molecule has 3 heterocycles. The third-order valence-electron chi connectivity index (χ3n) is 6.30. The molecule has 0 saturated carbocycles. The Hall–Kier alpha value is -2.81. The summed E-state index contributed by atoms with van der Waals surface area (Å²) < 4.78 is 27.4. The van der Waals surface area contributed by atoms with E-state index in [4.69, 9.17) is 21.6 Å². The van der Waals surface area contributed by atoms with Crippen LogP contribution in [0.4, 0.5) is 10.2 Å². The van der Waals surface area contributed by atoms with Gasteiger partial charge < -0.3 is 25.4 Å². The molecule has 192 valence electrons. The molecule has 0 aromatic carbocycles. The van der Waals surface area contributed by atoms with Gasteiger partial charge in [0.2, 0.25) is 11.7 Å². The molecular formula is C24H34FN5O5. The first-order valence-corrected chi connectivity index (χ1v) is 12.1. The van der Waals surface area contributed by atoms with Crippen LogP contribution in [0.2, 0.25) is 0 Å². The van der Waals surface area contributed by atoms with Crippen molar-refractivity contribution in [2.75, 3.05) is 12.3 Å². The molecule has 1 aliphatic heterocycles. The third kappa shape index (κ3) is 5.72. The number of unbranched alkanes of at least 4 members (excludes halogenated alkanes) is 8. The van der Waals surface area contributed by atoms with Crippen LogP contribution in [0, 0.1) is 12.3 Å². The van der Waals surface area contributed by atoms with Crippen molar-refractivity contribution >= 4 is 23.0 Å². The predicted molar refractivity (Wildman–Crippen MR) is 126 cm³/mol. The summed E-state index contributed by atoms with van der Waals surface area (Å²) in [6.07, 6.45) is 13.9. The number of terminal acetylenes is 1. The Balaban J connectivity index is 1.64. The number of aliphatic hydroxyl groups excluding tert-OH is 1. The highest BCUT2D eigenvalue weighted by atomic mass is 19.2. The van der Waals surface area contributed by atoms with Crippen molar-refractivity contribution in [1.82, 2.24) is 19.5 Å². The van der Waals surface area contributed by atoms with E-state index in [9.17, 15) is 15.0 Å². The topological polar surface area (TPSA) is 146 Å². The van der Waals surface area contributed by atoms with Gasteiger partial charge in [-0.1, -0.05) is 64.2 Å². The molecule has 3 rings (SSSR count). The number of carbonyl (C=O) groups excluding carboxylic acids is 1. The van der Waals surface area contributed by atoms with Crippen LogP contribution >= 0.6 is 0 Å². The van der Waals surface area contributed by atoms with E-state index in [1.807, 2.05) is 0 Å². The number of anilines is 1. The summed E-state index contributed by atoms with van der Waals surface area (Å²) >= 11 is 0. The fourth-order valence-corrected chi connectivity index (χ4v) is 4.32. The molecule has 0 amide bonds. The minimum absolute atomic E-state index is 0.0247. The van der Waals surface area contributed by atoms with Gasteiger partial charge in [-0.05, 0) is 6.42 Å². The van der Waals surface area contributed by atoms with Gasteiger partial charge in [0.1, 0.15) is 18.5 Å². The fraction of sp³-hybridized carbons (Fsp3) is 0.667. The molecule has 11 heteroatoms. The lowest BCUT2D eigenvalue weighted by Crippen LogP contribution is -2.52. The maximum Gasteiger partial charge on any atom is 0.306 e. The van der Waals surface area contributed by atoms with Crippen LogP contribution in [0.25, 0.3) is 11.2 Å². The highest BCUT2D eigenvalue weighted by Crippen LogP contribution is 2.47. The van der Waals surface area contributed by atoms with E-state index in [2.05, 4.69) is 27.8 Å². The molecule has 0 radical (unpaired) electrons. The quantitative estimate of drug-likeness (QED) is 0.219. The summed E-state index contributed by atoms with van der Waals surface area (Å²) in [5.74, 6) is -1.54. The molecule has 1 aliphatic rings. The van der Waals surface area contributed by atoms with Crippen LogP contribution in [0.5, 0.6) is 0 Å². The number of nitrogen functional groups attached to an aromatic ring is 1. The second kappa shape index (κ2) is 11.7.